The fourth-order valence-corrected chi connectivity index (χ4v) is 1.83. The van der Waals surface area contributed by atoms with Crippen molar-refractivity contribution in [2.24, 2.45) is 0 Å². The van der Waals surface area contributed by atoms with Gasteiger partial charge in [0.1, 0.15) is 17.4 Å². The first-order chi connectivity index (χ1) is 7.19. The highest BCUT2D eigenvalue weighted by Crippen LogP contribution is 2.42. The smallest absolute Gasteiger partial charge is 0.176 e. The molecule has 0 aromatic heterocycles. The van der Waals surface area contributed by atoms with Gasteiger partial charge in [-0.25, -0.2) is 0 Å². The van der Waals surface area contributed by atoms with Gasteiger partial charge in [-0.15, -0.1) is 0 Å². The molecule has 0 radical (unpaired) electrons. The second-order valence-electron chi connectivity index (χ2n) is 2.62. The van der Waals surface area contributed by atoms with Gasteiger partial charge in [-0.05, 0) is 15.9 Å². The van der Waals surface area contributed by atoms with Crippen LogP contribution in [0.25, 0.3) is 0 Å². The average Bonchev–Trinajstić information content (AvgIpc) is 2.27. The van der Waals surface area contributed by atoms with Gasteiger partial charge in [0.25, 0.3) is 0 Å². The number of hydrogen-bond acceptors (Lipinski definition) is 4. The van der Waals surface area contributed by atoms with E-state index in [2.05, 4.69) is 15.9 Å². The topological polar surface area (TPSA) is 51.5 Å². The Kier molecular flexibility index (Phi) is 3.81. The number of nitrogens with zero attached hydrogens (tertiary/aromatic N) is 1. The molecule has 0 unspecified atom stereocenters. The van der Waals surface area contributed by atoms with Gasteiger partial charge in [0.15, 0.2) is 11.5 Å². The lowest BCUT2D eigenvalue weighted by Crippen LogP contribution is -1.96. The van der Waals surface area contributed by atoms with E-state index in [1.54, 1.807) is 6.07 Å². The van der Waals surface area contributed by atoms with Gasteiger partial charge in [0, 0.05) is 6.07 Å². The molecule has 1 rings (SSSR count). The molecule has 0 saturated heterocycles. The molecule has 0 aliphatic heterocycles. The Balaban J connectivity index is 3.50. The van der Waals surface area contributed by atoms with Gasteiger partial charge in [-0.2, -0.15) is 5.26 Å². The second kappa shape index (κ2) is 4.89. The van der Waals surface area contributed by atoms with Crippen LogP contribution in [0.3, 0.4) is 0 Å². The van der Waals surface area contributed by atoms with Gasteiger partial charge < -0.3 is 14.2 Å². The largest absolute Gasteiger partial charge is 0.495 e. The fourth-order valence-electron chi connectivity index (χ4n) is 1.19. The maximum absolute atomic E-state index is 8.96. The highest BCUT2D eigenvalue weighted by Gasteiger charge is 2.18. The molecule has 0 bridgehead atoms. The third-order valence-corrected chi connectivity index (χ3v) is 2.66. The Morgan fingerprint density at radius 2 is 1.73 bits per heavy atom. The lowest BCUT2D eigenvalue weighted by Gasteiger charge is -2.13. The van der Waals surface area contributed by atoms with E-state index in [-0.39, 0.29) is 0 Å². The zero-order valence-corrected chi connectivity index (χ0v) is 10.2. The van der Waals surface area contributed by atoms with E-state index in [4.69, 9.17) is 19.5 Å². The van der Waals surface area contributed by atoms with Crippen LogP contribution in [0.1, 0.15) is 5.56 Å². The number of hydrogen-bond donors (Lipinski definition) is 0. The summed E-state index contributed by atoms with van der Waals surface area (Å²) < 4.78 is 15.8. The first-order valence-corrected chi connectivity index (χ1v) is 4.87. The number of halogens is 1. The molecule has 15 heavy (non-hydrogen) atoms. The molecule has 0 N–H and O–H groups in total. The summed E-state index contributed by atoms with van der Waals surface area (Å²) in [6.07, 6.45) is 0. The molecule has 0 spiro atoms. The second-order valence-corrected chi connectivity index (χ2v) is 3.41. The summed E-state index contributed by atoms with van der Waals surface area (Å²) in [5.74, 6) is 1.44. The number of ether oxygens (including phenoxy) is 3. The molecule has 80 valence electrons. The zero-order valence-electron chi connectivity index (χ0n) is 8.63. The van der Waals surface area contributed by atoms with Crippen molar-refractivity contribution in [2.45, 2.75) is 0 Å². The number of rotatable bonds is 3. The number of nitriles is 1. The lowest BCUT2D eigenvalue weighted by molar-refractivity contribution is 0.346. The van der Waals surface area contributed by atoms with Crippen LogP contribution in [0.15, 0.2) is 10.5 Å². The summed E-state index contributed by atoms with van der Waals surface area (Å²) in [5, 5.41) is 8.96. The van der Waals surface area contributed by atoms with Crippen LogP contribution in [0.2, 0.25) is 0 Å². The molecular weight excluding hydrogens is 262 g/mol. The molecule has 0 aliphatic rings. The Labute approximate surface area is 96.5 Å². The summed E-state index contributed by atoms with van der Waals surface area (Å²) in [7, 11) is 4.53. The van der Waals surface area contributed by atoms with Crippen LogP contribution in [0.5, 0.6) is 17.2 Å². The number of benzene rings is 1. The van der Waals surface area contributed by atoms with Crippen molar-refractivity contribution in [3.05, 3.63) is 16.1 Å². The van der Waals surface area contributed by atoms with E-state index < -0.39 is 0 Å². The molecular formula is C10H10BrNO3. The van der Waals surface area contributed by atoms with Crippen molar-refractivity contribution >= 4 is 15.9 Å². The van der Waals surface area contributed by atoms with E-state index in [1.807, 2.05) is 6.07 Å². The zero-order chi connectivity index (χ0) is 11.4. The van der Waals surface area contributed by atoms with Crippen molar-refractivity contribution in [1.82, 2.24) is 0 Å². The number of methoxy groups -OCH3 is 3. The normalized spacial score (nSPS) is 9.27. The van der Waals surface area contributed by atoms with E-state index in [9.17, 15) is 0 Å². The highest BCUT2D eigenvalue weighted by molar-refractivity contribution is 9.10. The molecule has 0 aliphatic carbocycles. The first-order valence-electron chi connectivity index (χ1n) is 4.08. The van der Waals surface area contributed by atoms with E-state index in [0.717, 1.165) is 0 Å². The summed E-state index contributed by atoms with van der Waals surface area (Å²) in [5.41, 5.74) is 0.384. The van der Waals surface area contributed by atoms with E-state index in [1.165, 1.54) is 21.3 Å². The highest BCUT2D eigenvalue weighted by atomic mass is 79.9. The van der Waals surface area contributed by atoms with E-state index >= 15 is 0 Å². The quantitative estimate of drug-likeness (QED) is 0.847. The SMILES string of the molecule is COc1cc(OC)c(OC)c(Br)c1C#N. The Morgan fingerprint density at radius 1 is 1.13 bits per heavy atom. The van der Waals surface area contributed by atoms with Gasteiger partial charge in [0.2, 0.25) is 0 Å². The minimum absolute atomic E-state index is 0.384. The lowest BCUT2D eigenvalue weighted by atomic mass is 10.2. The predicted octanol–water partition coefficient (Wildman–Crippen LogP) is 2.35. The van der Waals surface area contributed by atoms with Gasteiger partial charge in [-0.1, -0.05) is 0 Å². The van der Waals surface area contributed by atoms with Crippen LogP contribution < -0.4 is 14.2 Å². The maximum atomic E-state index is 8.96. The molecule has 1 aromatic carbocycles. The van der Waals surface area contributed by atoms with E-state index in [0.29, 0.717) is 27.3 Å². The molecule has 0 fully saturated rings. The molecule has 4 nitrogen and oxygen atoms in total. The van der Waals surface area contributed by atoms with Gasteiger partial charge in [-0.3, -0.25) is 0 Å². The summed E-state index contributed by atoms with van der Waals surface area (Å²) >= 11 is 3.28. The minimum Gasteiger partial charge on any atom is -0.495 e. The molecule has 0 atom stereocenters. The summed E-state index contributed by atoms with van der Waals surface area (Å²) in [6, 6.07) is 3.65. The molecule has 1 aromatic rings. The molecule has 0 amide bonds. The Hall–Kier alpha value is -1.41. The molecule has 5 heteroatoms. The van der Waals surface area contributed by atoms with Gasteiger partial charge in [0.05, 0.1) is 25.8 Å². The fraction of sp³-hybridized carbons (Fsp3) is 0.300. The van der Waals surface area contributed by atoms with Crippen molar-refractivity contribution in [3.63, 3.8) is 0 Å². The van der Waals surface area contributed by atoms with Crippen LogP contribution >= 0.6 is 15.9 Å². The average molecular weight is 272 g/mol. The molecule has 0 heterocycles. The first kappa shape index (κ1) is 11.7. The van der Waals surface area contributed by atoms with Crippen molar-refractivity contribution in [1.29, 1.82) is 5.26 Å². The third kappa shape index (κ3) is 2.00. The monoisotopic (exact) mass is 271 g/mol. The summed E-state index contributed by atoms with van der Waals surface area (Å²) in [6.45, 7) is 0. The van der Waals surface area contributed by atoms with Crippen LogP contribution in [0.4, 0.5) is 0 Å². The predicted molar refractivity (Wildman–Crippen MR) is 58.5 cm³/mol. The molecule has 0 saturated carbocycles. The standard InChI is InChI=1S/C10H10BrNO3/c1-13-7-4-8(14-2)10(15-3)9(11)6(7)5-12/h4H,1-3H3. The van der Waals surface area contributed by atoms with Crippen molar-refractivity contribution < 1.29 is 14.2 Å². The summed E-state index contributed by atoms with van der Waals surface area (Å²) in [4.78, 5) is 0. The Morgan fingerprint density at radius 3 is 2.13 bits per heavy atom. The van der Waals surface area contributed by atoms with Crippen LogP contribution in [-0.4, -0.2) is 21.3 Å². The maximum Gasteiger partial charge on any atom is 0.176 e. The van der Waals surface area contributed by atoms with Gasteiger partial charge >= 0.3 is 0 Å². The Bertz CT molecular complexity index is 412. The third-order valence-electron chi connectivity index (χ3n) is 1.91. The van der Waals surface area contributed by atoms with Crippen molar-refractivity contribution in [3.8, 4) is 23.3 Å². The van der Waals surface area contributed by atoms with Crippen molar-refractivity contribution in [2.75, 3.05) is 21.3 Å². The van der Waals surface area contributed by atoms with Crippen LogP contribution in [-0.2, 0) is 0 Å². The minimum atomic E-state index is 0.384. The van der Waals surface area contributed by atoms with Crippen LogP contribution in [0, 0.1) is 11.3 Å².